The van der Waals surface area contributed by atoms with E-state index in [1.54, 1.807) is 23.0 Å². The van der Waals surface area contributed by atoms with Crippen LogP contribution in [0.4, 0.5) is 8.78 Å². The lowest BCUT2D eigenvalue weighted by Gasteiger charge is -2.36. The van der Waals surface area contributed by atoms with Gasteiger partial charge in [-0.3, -0.25) is 4.79 Å². The quantitative estimate of drug-likeness (QED) is 0.700. The number of nitrogens with two attached hydrogens (primary N) is 1. The molecule has 28 heavy (non-hydrogen) atoms. The second-order valence-electron chi connectivity index (χ2n) is 6.79. The summed E-state index contributed by atoms with van der Waals surface area (Å²) in [6, 6.07) is 3.43. The number of carbonyl (C=O) groups is 1. The number of halogens is 2. The monoisotopic (exact) mass is 403 g/mol. The molecule has 0 bridgehead atoms. The number of nitrogens with one attached hydrogen (secondary N) is 1. The van der Waals surface area contributed by atoms with Gasteiger partial charge in [0.1, 0.15) is 6.04 Å². The molecule has 9 heteroatoms. The van der Waals surface area contributed by atoms with Crippen LogP contribution in [-0.4, -0.2) is 38.5 Å². The Labute approximate surface area is 164 Å². The zero-order chi connectivity index (χ0) is 19.9. The summed E-state index contributed by atoms with van der Waals surface area (Å²) in [6.07, 6.45) is 5.57. The van der Waals surface area contributed by atoms with Gasteiger partial charge in [0, 0.05) is 24.2 Å². The van der Waals surface area contributed by atoms with Crippen LogP contribution < -0.4 is 11.1 Å². The average molecular weight is 403 g/mol. The van der Waals surface area contributed by atoms with E-state index in [9.17, 15) is 13.6 Å². The van der Waals surface area contributed by atoms with Crippen LogP contribution >= 0.6 is 11.3 Å². The maximum atomic E-state index is 14.2. The molecule has 0 radical (unpaired) electrons. The van der Waals surface area contributed by atoms with E-state index in [0.29, 0.717) is 23.4 Å². The van der Waals surface area contributed by atoms with E-state index in [-0.39, 0.29) is 11.4 Å². The summed E-state index contributed by atoms with van der Waals surface area (Å²) in [7, 11) is 0. The molecule has 2 unspecified atom stereocenters. The number of amides is 1. The van der Waals surface area contributed by atoms with Crippen LogP contribution in [0.15, 0.2) is 37.2 Å². The summed E-state index contributed by atoms with van der Waals surface area (Å²) in [6.45, 7) is 3.78. The first-order valence-electron chi connectivity index (χ1n) is 8.91. The lowest BCUT2D eigenvalue weighted by Crippen LogP contribution is -2.59. The van der Waals surface area contributed by atoms with Crippen LogP contribution in [0.2, 0.25) is 0 Å². The Bertz CT molecular complexity index is 1040. The molecule has 0 aromatic carbocycles. The zero-order valence-electron chi connectivity index (χ0n) is 14.9. The van der Waals surface area contributed by atoms with Crippen LogP contribution in [0.1, 0.15) is 33.9 Å². The summed E-state index contributed by atoms with van der Waals surface area (Å²) in [5, 5.41) is 6.77. The predicted molar refractivity (Wildman–Crippen MR) is 104 cm³/mol. The van der Waals surface area contributed by atoms with E-state index in [2.05, 4.69) is 22.0 Å². The number of hydrogen-bond acceptors (Lipinski definition) is 5. The average Bonchev–Trinajstić information content (AvgIpc) is 3.28. The number of hydrogen-bond donors (Lipinski definition) is 2. The molecule has 0 spiro atoms. The van der Waals surface area contributed by atoms with Crippen LogP contribution in [0, 0.1) is 0 Å². The molecule has 0 saturated heterocycles. The van der Waals surface area contributed by atoms with E-state index in [0.717, 1.165) is 22.4 Å². The highest BCUT2D eigenvalue weighted by Crippen LogP contribution is 2.35. The number of nitrogens with zero attached hydrogens (tertiary/aromatic N) is 3. The molecular formula is C19H19F2N5OS. The van der Waals surface area contributed by atoms with Crippen molar-refractivity contribution >= 4 is 28.8 Å². The summed E-state index contributed by atoms with van der Waals surface area (Å²) >= 11 is 1.10. The number of carbonyl (C=O) groups excluding carboxylic acids is 1. The van der Waals surface area contributed by atoms with Gasteiger partial charge in [0.25, 0.3) is 11.8 Å². The first-order chi connectivity index (χ1) is 13.4. The molecule has 3 N–H and O–H groups in total. The lowest BCUT2D eigenvalue weighted by atomic mass is 9.87. The number of thiazole rings is 1. The van der Waals surface area contributed by atoms with Crippen LogP contribution in [0.5, 0.6) is 0 Å². The summed E-state index contributed by atoms with van der Waals surface area (Å²) in [5.74, 6) is -3.69. The SMILES string of the molecule is C=Cc1sc(C(=O)NC2C(N)CCCC2(F)F)nc1-c1cnn2ccccc12. The maximum Gasteiger partial charge on any atom is 0.280 e. The van der Waals surface area contributed by atoms with Crippen molar-refractivity contribution in [3.05, 3.63) is 47.1 Å². The largest absolute Gasteiger partial charge is 0.340 e. The number of aromatic nitrogens is 3. The minimum Gasteiger partial charge on any atom is -0.340 e. The molecule has 3 aromatic heterocycles. The van der Waals surface area contributed by atoms with Crippen molar-refractivity contribution in [3.63, 3.8) is 0 Å². The molecule has 3 aromatic rings. The Morgan fingerprint density at radius 1 is 1.46 bits per heavy atom. The van der Waals surface area contributed by atoms with Gasteiger partial charge in [-0.2, -0.15) is 5.10 Å². The molecule has 146 valence electrons. The predicted octanol–water partition coefficient (Wildman–Crippen LogP) is 3.35. The van der Waals surface area contributed by atoms with Gasteiger partial charge in [-0.1, -0.05) is 12.6 Å². The Balaban J connectivity index is 1.66. The third-order valence-corrected chi connectivity index (χ3v) is 5.98. The molecule has 6 nitrogen and oxygen atoms in total. The fourth-order valence-electron chi connectivity index (χ4n) is 3.50. The molecule has 1 amide bonds. The smallest absolute Gasteiger partial charge is 0.280 e. The molecule has 1 saturated carbocycles. The Morgan fingerprint density at radius 2 is 2.29 bits per heavy atom. The number of alkyl halides is 2. The van der Waals surface area contributed by atoms with E-state index in [1.165, 1.54) is 0 Å². The third-order valence-electron chi connectivity index (χ3n) is 4.93. The molecule has 1 fully saturated rings. The highest BCUT2D eigenvalue weighted by Gasteiger charge is 2.46. The van der Waals surface area contributed by atoms with Crippen molar-refractivity contribution in [2.24, 2.45) is 5.73 Å². The fourth-order valence-corrected chi connectivity index (χ4v) is 4.33. The highest BCUT2D eigenvalue weighted by atomic mass is 32.1. The van der Waals surface area contributed by atoms with E-state index in [1.807, 2.05) is 18.2 Å². The van der Waals surface area contributed by atoms with Gasteiger partial charge < -0.3 is 11.1 Å². The topological polar surface area (TPSA) is 85.3 Å². The summed E-state index contributed by atoms with van der Waals surface area (Å²) < 4.78 is 30.1. The van der Waals surface area contributed by atoms with Crippen molar-refractivity contribution < 1.29 is 13.6 Å². The molecule has 4 rings (SSSR count). The second-order valence-corrected chi connectivity index (χ2v) is 7.82. The summed E-state index contributed by atoms with van der Waals surface area (Å²) in [5.41, 5.74) is 7.95. The van der Waals surface area contributed by atoms with Gasteiger partial charge in [-0.15, -0.1) is 11.3 Å². The normalized spacial score (nSPS) is 21.5. The molecule has 2 atom stereocenters. The Kier molecular flexibility index (Phi) is 4.72. The maximum absolute atomic E-state index is 14.2. The Morgan fingerprint density at radius 3 is 3.04 bits per heavy atom. The van der Waals surface area contributed by atoms with Gasteiger partial charge in [0.15, 0.2) is 5.01 Å². The minimum absolute atomic E-state index is 0.0914. The van der Waals surface area contributed by atoms with Crippen LogP contribution in [-0.2, 0) is 0 Å². The molecule has 1 aliphatic rings. The van der Waals surface area contributed by atoms with Crippen LogP contribution in [0.3, 0.4) is 0 Å². The van der Waals surface area contributed by atoms with Crippen molar-refractivity contribution in [3.8, 4) is 11.3 Å². The minimum atomic E-state index is -3.03. The third kappa shape index (κ3) is 3.20. The molecule has 1 aliphatic carbocycles. The van der Waals surface area contributed by atoms with Gasteiger partial charge in [0.2, 0.25) is 0 Å². The van der Waals surface area contributed by atoms with E-state index in [4.69, 9.17) is 5.73 Å². The van der Waals surface area contributed by atoms with Crippen molar-refractivity contribution in [1.29, 1.82) is 0 Å². The van der Waals surface area contributed by atoms with Gasteiger partial charge >= 0.3 is 0 Å². The van der Waals surface area contributed by atoms with Crippen molar-refractivity contribution in [2.75, 3.05) is 0 Å². The fraction of sp³-hybridized carbons (Fsp3) is 0.316. The molecule has 3 heterocycles. The van der Waals surface area contributed by atoms with Gasteiger partial charge in [-0.05, 0) is 31.1 Å². The Hall–Kier alpha value is -2.65. The van der Waals surface area contributed by atoms with E-state index < -0.39 is 23.9 Å². The van der Waals surface area contributed by atoms with Gasteiger partial charge in [0.05, 0.1) is 22.3 Å². The summed E-state index contributed by atoms with van der Waals surface area (Å²) in [4.78, 5) is 17.7. The highest BCUT2D eigenvalue weighted by molar-refractivity contribution is 7.15. The first kappa shape index (κ1) is 18.7. The van der Waals surface area contributed by atoms with Crippen molar-refractivity contribution in [2.45, 2.75) is 37.3 Å². The first-order valence-corrected chi connectivity index (χ1v) is 9.72. The molecular weight excluding hydrogens is 384 g/mol. The van der Waals surface area contributed by atoms with E-state index >= 15 is 0 Å². The van der Waals surface area contributed by atoms with Crippen LogP contribution in [0.25, 0.3) is 22.9 Å². The molecule has 0 aliphatic heterocycles. The van der Waals surface area contributed by atoms with Gasteiger partial charge in [-0.25, -0.2) is 18.3 Å². The number of pyridine rings is 1. The lowest BCUT2D eigenvalue weighted by molar-refractivity contribution is -0.0674. The standard InChI is InChI=1S/C19H19F2N5OS/c1-2-14-15(11-10-23-26-9-4-3-7-13(11)26)24-18(28-14)17(27)25-16-12(22)6-5-8-19(16,20)21/h2-4,7,9-10,12,16H,1,5-6,8,22H2,(H,25,27). The number of rotatable bonds is 4. The second kappa shape index (κ2) is 7.06. The van der Waals surface area contributed by atoms with Crippen molar-refractivity contribution in [1.82, 2.24) is 19.9 Å². The number of fused-ring (bicyclic) bond motifs is 1. The zero-order valence-corrected chi connectivity index (χ0v) is 15.8.